The van der Waals surface area contributed by atoms with Gasteiger partial charge in [0.2, 0.25) is 6.79 Å². The standard InChI is InChI=1S/C16H23NO3S/c1-16(2)11-17(7-9-21-16)6-3-8-18-13-4-5-14-15(10-13)20-12-19-14/h4-5,10H,3,6-9,11-12H2,1-2H3. The van der Waals surface area contributed by atoms with E-state index < -0.39 is 0 Å². The largest absolute Gasteiger partial charge is 0.493 e. The summed E-state index contributed by atoms with van der Waals surface area (Å²) in [7, 11) is 0. The van der Waals surface area contributed by atoms with E-state index in [1.807, 2.05) is 18.2 Å². The van der Waals surface area contributed by atoms with Gasteiger partial charge in [-0.2, -0.15) is 11.8 Å². The maximum Gasteiger partial charge on any atom is 0.231 e. The van der Waals surface area contributed by atoms with Gasteiger partial charge in [-0.1, -0.05) is 0 Å². The van der Waals surface area contributed by atoms with Gasteiger partial charge < -0.3 is 19.1 Å². The van der Waals surface area contributed by atoms with Crippen molar-refractivity contribution in [3.05, 3.63) is 18.2 Å². The summed E-state index contributed by atoms with van der Waals surface area (Å²) in [5, 5.41) is 0. The van der Waals surface area contributed by atoms with Crippen molar-refractivity contribution in [3.63, 3.8) is 0 Å². The number of benzene rings is 1. The molecular weight excluding hydrogens is 286 g/mol. The van der Waals surface area contributed by atoms with Crippen LogP contribution in [0.3, 0.4) is 0 Å². The first-order valence-corrected chi connectivity index (χ1v) is 8.50. The monoisotopic (exact) mass is 309 g/mol. The van der Waals surface area contributed by atoms with Gasteiger partial charge in [0.15, 0.2) is 11.5 Å². The Morgan fingerprint density at radius 2 is 2.14 bits per heavy atom. The maximum absolute atomic E-state index is 5.81. The Bertz CT molecular complexity index is 492. The fourth-order valence-electron chi connectivity index (χ4n) is 2.75. The molecule has 0 amide bonds. The lowest BCUT2D eigenvalue weighted by Gasteiger charge is -2.37. The number of hydrogen-bond donors (Lipinski definition) is 0. The summed E-state index contributed by atoms with van der Waals surface area (Å²) in [6, 6.07) is 5.75. The summed E-state index contributed by atoms with van der Waals surface area (Å²) < 4.78 is 16.8. The van der Waals surface area contributed by atoms with Crippen LogP contribution in [0.25, 0.3) is 0 Å². The molecule has 0 spiro atoms. The number of fused-ring (bicyclic) bond motifs is 1. The van der Waals surface area contributed by atoms with Gasteiger partial charge in [-0.05, 0) is 32.4 Å². The van der Waals surface area contributed by atoms with Gasteiger partial charge in [-0.3, -0.25) is 0 Å². The molecule has 1 fully saturated rings. The van der Waals surface area contributed by atoms with E-state index in [0.717, 1.165) is 36.8 Å². The van der Waals surface area contributed by atoms with Crippen molar-refractivity contribution in [3.8, 4) is 17.2 Å². The Kier molecular flexibility index (Phi) is 4.50. The van der Waals surface area contributed by atoms with Gasteiger partial charge in [0.1, 0.15) is 5.75 Å². The Morgan fingerprint density at radius 3 is 3.00 bits per heavy atom. The third-order valence-electron chi connectivity index (χ3n) is 3.74. The average Bonchev–Trinajstić information content (AvgIpc) is 2.90. The van der Waals surface area contributed by atoms with Crippen molar-refractivity contribution in [2.45, 2.75) is 25.0 Å². The molecular formula is C16H23NO3S. The van der Waals surface area contributed by atoms with E-state index in [2.05, 4.69) is 30.5 Å². The molecule has 0 N–H and O–H groups in total. The van der Waals surface area contributed by atoms with Crippen LogP contribution < -0.4 is 14.2 Å². The topological polar surface area (TPSA) is 30.9 Å². The number of thioether (sulfide) groups is 1. The molecule has 1 saturated heterocycles. The van der Waals surface area contributed by atoms with E-state index in [4.69, 9.17) is 14.2 Å². The Labute approximate surface area is 130 Å². The predicted octanol–water partition coefficient (Wildman–Crippen LogP) is 3.01. The number of rotatable bonds is 5. The lowest BCUT2D eigenvalue weighted by molar-refractivity contribution is 0.173. The molecule has 0 saturated carbocycles. The molecule has 1 aromatic rings. The fraction of sp³-hybridized carbons (Fsp3) is 0.625. The Morgan fingerprint density at radius 1 is 1.29 bits per heavy atom. The minimum Gasteiger partial charge on any atom is -0.493 e. The van der Waals surface area contributed by atoms with Crippen LogP contribution in [-0.4, -0.2) is 48.4 Å². The van der Waals surface area contributed by atoms with Crippen molar-refractivity contribution >= 4 is 11.8 Å². The third kappa shape index (κ3) is 3.98. The summed E-state index contributed by atoms with van der Waals surface area (Å²) in [4.78, 5) is 2.54. The molecule has 116 valence electrons. The molecule has 4 nitrogen and oxygen atoms in total. The minimum atomic E-state index is 0.307. The average molecular weight is 309 g/mol. The van der Waals surface area contributed by atoms with Crippen LogP contribution in [0.1, 0.15) is 20.3 Å². The van der Waals surface area contributed by atoms with Crippen LogP contribution in [0.5, 0.6) is 17.2 Å². The molecule has 2 aliphatic heterocycles. The lowest BCUT2D eigenvalue weighted by atomic mass is 10.2. The van der Waals surface area contributed by atoms with Crippen molar-refractivity contribution < 1.29 is 14.2 Å². The molecule has 3 rings (SSSR count). The molecule has 21 heavy (non-hydrogen) atoms. The molecule has 2 aliphatic rings. The van der Waals surface area contributed by atoms with Gasteiger partial charge in [-0.15, -0.1) is 0 Å². The van der Waals surface area contributed by atoms with Crippen molar-refractivity contribution in [2.24, 2.45) is 0 Å². The van der Waals surface area contributed by atoms with Gasteiger partial charge in [0.25, 0.3) is 0 Å². The molecule has 2 heterocycles. The smallest absolute Gasteiger partial charge is 0.231 e. The van der Waals surface area contributed by atoms with Crippen molar-refractivity contribution in [1.29, 1.82) is 0 Å². The zero-order valence-corrected chi connectivity index (χ0v) is 13.6. The van der Waals surface area contributed by atoms with Gasteiger partial charge >= 0.3 is 0 Å². The van der Waals surface area contributed by atoms with Crippen LogP contribution in [0, 0.1) is 0 Å². The van der Waals surface area contributed by atoms with Crippen LogP contribution in [-0.2, 0) is 0 Å². The first kappa shape index (κ1) is 14.9. The second kappa shape index (κ2) is 6.36. The molecule has 0 atom stereocenters. The second-order valence-corrected chi connectivity index (χ2v) is 7.90. The summed E-state index contributed by atoms with van der Waals surface area (Å²) in [5.41, 5.74) is 0. The third-order valence-corrected chi connectivity index (χ3v) is 5.03. The normalized spacial score (nSPS) is 20.5. The van der Waals surface area contributed by atoms with Crippen molar-refractivity contribution in [2.75, 3.05) is 38.8 Å². The molecule has 0 bridgehead atoms. The first-order valence-electron chi connectivity index (χ1n) is 7.51. The zero-order chi connectivity index (χ0) is 14.7. The number of nitrogens with zero attached hydrogens (tertiary/aromatic N) is 1. The van der Waals surface area contributed by atoms with E-state index in [-0.39, 0.29) is 0 Å². The summed E-state index contributed by atoms with van der Waals surface area (Å²) in [6.07, 6.45) is 1.05. The Balaban J connectivity index is 1.40. The van der Waals surface area contributed by atoms with E-state index in [1.165, 1.54) is 18.8 Å². The van der Waals surface area contributed by atoms with Crippen LogP contribution in [0.15, 0.2) is 18.2 Å². The molecule has 0 aromatic heterocycles. The van der Waals surface area contributed by atoms with E-state index in [9.17, 15) is 0 Å². The van der Waals surface area contributed by atoms with Crippen LogP contribution in [0.2, 0.25) is 0 Å². The molecule has 5 heteroatoms. The second-order valence-electron chi connectivity index (χ2n) is 6.10. The van der Waals surface area contributed by atoms with E-state index in [0.29, 0.717) is 11.5 Å². The lowest BCUT2D eigenvalue weighted by Crippen LogP contribution is -2.43. The predicted molar refractivity (Wildman–Crippen MR) is 85.7 cm³/mol. The SMILES string of the molecule is CC1(C)CN(CCCOc2ccc3c(c2)OCO3)CCS1. The van der Waals surface area contributed by atoms with E-state index in [1.54, 1.807) is 0 Å². The van der Waals surface area contributed by atoms with Crippen LogP contribution in [0.4, 0.5) is 0 Å². The molecule has 0 radical (unpaired) electrons. The number of hydrogen-bond acceptors (Lipinski definition) is 5. The van der Waals surface area contributed by atoms with Crippen molar-refractivity contribution in [1.82, 2.24) is 4.90 Å². The van der Waals surface area contributed by atoms with Gasteiger partial charge in [0, 0.05) is 36.2 Å². The molecule has 0 aliphatic carbocycles. The van der Waals surface area contributed by atoms with E-state index >= 15 is 0 Å². The highest BCUT2D eigenvalue weighted by atomic mass is 32.2. The fourth-order valence-corrected chi connectivity index (χ4v) is 3.93. The van der Waals surface area contributed by atoms with Crippen LogP contribution >= 0.6 is 11.8 Å². The summed E-state index contributed by atoms with van der Waals surface area (Å²) in [5.74, 6) is 3.67. The first-order chi connectivity index (χ1) is 10.1. The molecule has 1 aromatic carbocycles. The highest BCUT2D eigenvalue weighted by molar-refractivity contribution is 8.00. The highest BCUT2D eigenvalue weighted by Crippen LogP contribution is 2.35. The van der Waals surface area contributed by atoms with Gasteiger partial charge in [-0.25, -0.2) is 0 Å². The highest BCUT2D eigenvalue weighted by Gasteiger charge is 2.26. The Hall–Kier alpha value is -1.07. The quantitative estimate of drug-likeness (QED) is 0.780. The summed E-state index contributed by atoms with van der Waals surface area (Å²) >= 11 is 2.07. The maximum atomic E-state index is 5.81. The minimum absolute atomic E-state index is 0.307. The number of ether oxygens (including phenoxy) is 3. The van der Waals surface area contributed by atoms with Gasteiger partial charge in [0.05, 0.1) is 6.61 Å². The summed E-state index contributed by atoms with van der Waals surface area (Å²) in [6.45, 7) is 9.17. The molecule has 0 unspecified atom stereocenters. The zero-order valence-electron chi connectivity index (χ0n) is 12.8.